The normalized spacial score (nSPS) is 10.7. The summed E-state index contributed by atoms with van der Waals surface area (Å²) in [4.78, 5) is 22.4. The molecule has 31 heavy (non-hydrogen) atoms. The molecule has 0 aliphatic carbocycles. The lowest BCUT2D eigenvalue weighted by molar-refractivity contribution is -0.116. The molecule has 2 aromatic carbocycles. The van der Waals surface area contributed by atoms with Crippen molar-refractivity contribution in [3.63, 3.8) is 0 Å². The second-order valence-corrected chi connectivity index (χ2v) is 6.60. The van der Waals surface area contributed by atoms with Crippen LogP contribution in [0.4, 0.5) is 16.0 Å². The molecule has 8 heteroatoms. The maximum Gasteiger partial charge on any atom is 0.248 e. The highest BCUT2D eigenvalue weighted by atomic mass is 19.1. The van der Waals surface area contributed by atoms with Gasteiger partial charge in [-0.2, -0.15) is 0 Å². The zero-order valence-electron chi connectivity index (χ0n) is 16.9. The maximum atomic E-state index is 13.5. The van der Waals surface area contributed by atoms with E-state index >= 15 is 0 Å². The van der Waals surface area contributed by atoms with Crippen molar-refractivity contribution in [3.05, 3.63) is 72.9 Å². The fourth-order valence-electron chi connectivity index (χ4n) is 3.23. The van der Waals surface area contributed by atoms with Gasteiger partial charge in [-0.25, -0.2) is 19.3 Å². The van der Waals surface area contributed by atoms with Crippen LogP contribution in [0.5, 0.6) is 5.75 Å². The van der Waals surface area contributed by atoms with Crippen LogP contribution >= 0.6 is 0 Å². The van der Waals surface area contributed by atoms with Gasteiger partial charge in [-0.15, -0.1) is 0 Å². The Hall–Kier alpha value is -4.07. The Balaban J connectivity index is 1.91. The lowest BCUT2D eigenvalue weighted by Crippen LogP contribution is -2.23. The van der Waals surface area contributed by atoms with Crippen LogP contribution in [0.15, 0.2) is 71.6 Å². The minimum absolute atomic E-state index is 0.194. The summed E-state index contributed by atoms with van der Waals surface area (Å²) in [7, 11) is 0. The number of hydrogen-bond acceptors (Lipinski definition) is 6. The number of rotatable bonds is 6. The number of anilines is 2. The Kier molecular flexibility index (Phi) is 5.70. The highest BCUT2D eigenvalue weighted by Gasteiger charge is 2.28. The summed E-state index contributed by atoms with van der Waals surface area (Å²) in [5.41, 5.74) is 2.61. The first kappa shape index (κ1) is 20.2. The van der Waals surface area contributed by atoms with Gasteiger partial charge >= 0.3 is 0 Å². The van der Waals surface area contributed by atoms with Crippen LogP contribution in [0.25, 0.3) is 22.5 Å². The monoisotopic (exact) mass is 418 g/mol. The molecule has 156 valence electrons. The van der Waals surface area contributed by atoms with E-state index in [4.69, 9.17) is 9.26 Å². The predicted molar refractivity (Wildman–Crippen MR) is 113 cm³/mol. The smallest absolute Gasteiger partial charge is 0.248 e. The minimum Gasteiger partial charge on any atom is -0.494 e. The van der Waals surface area contributed by atoms with E-state index in [-0.39, 0.29) is 17.6 Å². The molecule has 0 bridgehead atoms. The van der Waals surface area contributed by atoms with Crippen molar-refractivity contribution in [2.24, 2.45) is 0 Å². The molecule has 0 aliphatic rings. The molecule has 0 unspecified atom stereocenters. The number of aromatic nitrogens is 3. The molecule has 0 saturated carbocycles. The number of carbonyl (C=O) groups excluding carboxylic acids is 1. The summed E-state index contributed by atoms with van der Waals surface area (Å²) >= 11 is 0. The molecule has 0 aliphatic heterocycles. The van der Waals surface area contributed by atoms with Crippen LogP contribution in [0, 0.1) is 5.82 Å². The number of benzene rings is 2. The summed E-state index contributed by atoms with van der Waals surface area (Å²) in [6.07, 6.45) is 2.98. The molecule has 0 radical (unpaired) electrons. The number of ether oxygens (including phenoxy) is 1. The van der Waals surface area contributed by atoms with E-state index in [0.717, 1.165) is 0 Å². The van der Waals surface area contributed by atoms with Crippen LogP contribution in [0.3, 0.4) is 0 Å². The van der Waals surface area contributed by atoms with Gasteiger partial charge in [-0.3, -0.25) is 4.79 Å². The van der Waals surface area contributed by atoms with Crippen molar-refractivity contribution in [2.75, 3.05) is 11.5 Å². The zero-order chi connectivity index (χ0) is 21.8. The molecule has 4 rings (SSSR count). The molecule has 0 saturated heterocycles. The van der Waals surface area contributed by atoms with Crippen molar-refractivity contribution in [1.82, 2.24) is 15.1 Å². The molecule has 1 amide bonds. The van der Waals surface area contributed by atoms with E-state index in [1.54, 1.807) is 48.7 Å². The van der Waals surface area contributed by atoms with Crippen LogP contribution in [0.1, 0.15) is 13.8 Å². The summed E-state index contributed by atoms with van der Waals surface area (Å²) < 4.78 is 24.7. The molecule has 2 aromatic heterocycles. The van der Waals surface area contributed by atoms with Crippen molar-refractivity contribution >= 4 is 17.5 Å². The topological polar surface area (TPSA) is 81.4 Å². The van der Waals surface area contributed by atoms with Crippen LogP contribution in [-0.4, -0.2) is 27.6 Å². The quantitative estimate of drug-likeness (QED) is 0.437. The molecule has 7 nitrogen and oxygen atoms in total. The van der Waals surface area contributed by atoms with Crippen molar-refractivity contribution in [2.45, 2.75) is 13.8 Å². The van der Waals surface area contributed by atoms with Crippen molar-refractivity contribution < 1.29 is 18.4 Å². The zero-order valence-corrected chi connectivity index (χ0v) is 16.9. The van der Waals surface area contributed by atoms with Gasteiger partial charge in [-0.05, 0) is 49.4 Å². The van der Waals surface area contributed by atoms with E-state index in [0.29, 0.717) is 40.6 Å². The third-order valence-electron chi connectivity index (χ3n) is 4.53. The van der Waals surface area contributed by atoms with Gasteiger partial charge < -0.3 is 9.26 Å². The fraction of sp³-hybridized carbons (Fsp3) is 0.130. The Labute approximate surface area is 178 Å². The summed E-state index contributed by atoms with van der Waals surface area (Å²) in [5, 5.41) is 4.20. The number of nitrogens with zero attached hydrogens (tertiary/aromatic N) is 4. The predicted octanol–water partition coefficient (Wildman–Crippen LogP) is 5.02. The minimum atomic E-state index is -0.367. The van der Waals surface area contributed by atoms with Crippen LogP contribution in [0.2, 0.25) is 0 Å². The first-order chi connectivity index (χ1) is 15.1. The van der Waals surface area contributed by atoms with Gasteiger partial charge in [0.15, 0.2) is 0 Å². The van der Waals surface area contributed by atoms with Crippen molar-refractivity contribution in [1.29, 1.82) is 0 Å². The number of amides is 1. The van der Waals surface area contributed by atoms with Gasteiger partial charge in [-0.1, -0.05) is 11.2 Å². The molecule has 0 atom stereocenters. The summed E-state index contributed by atoms with van der Waals surface area (Å²) in [5.74, 6) is 0.159. The third-order valence-corrected chi connectivity index (χ3v) is 4.53. The van der Waals surface area contributed by atoms with E-state index in [1.807, 2.05) is 6.92 Å². The second kappa shape index (κ2) is 8.74. The average Bonchev–Trinajstić information content (AvgIpc) is 3.20. The highest BCUT2D eigenvalue weighted by Crippen LogP contribution is 2.41. The van der Waals surface area contributed by atoms with Crippen LogP contribution < -0.4 is 9.64 Å². The molecular weight excluding hydrogens is 399 g/mol. The van der Waals surface area contributed by atoms with Gasteiger partial charge in [0, 0.05) is 24.8 Å². The Morgan fingerprint density at radius 2 is 1.97 bits per heavy atom. The number of halogens is 1. The third kappa shape index (κ3) is 4.13. The first-order valence-corrected chi connectivity index (χ1v) is 9.64. The molecule has 2 heterocycles. The maximum absolute atomic E-state index is 13.5. The van der Waals surface area contributed by atoms with Gasteiger partial charge in [0.2, 0.25) is 11.8 Å². The second-order valence-electron chi connectivity index (χ2n) is 6.60. The lowest BCUT2D eigenvalue weighted by Gasteiger charge is -2.20. The molecule has 0 N–H and O–H groups in total. The molecular formula is C23H19FN4O3. The SMILES string of the molecule is CCOc1cccc(N(C(C)=O)c2onc(-c3ccc(F)cc3)c2-c2ccncn2)c1. The molecule has 4 aromatic rings. The standard InChI is InChI=1S/C23H19FN4O3/c1-3-30-19-6-4-5-18(13-19)28(15(2)29)23-21(20-11-12-25-14-26-20)22(27-31-23)16-7-9-17(24)10-8-16/h4-14H,3H2,1-2H3. The molecule has 0 fully saturated rings. The Morgan fingerprint density at radius 1 is 1.16 bits per heavy atom. The highest BCUT2D eigenvalue weighted by molar-refractivity contribution is 6.03. The van der Waals surface area contributed by atoms with E-state index in [1.165, 1.54) is 30.3 Å². The Bertz CT molecular complexity index is 1190. The van der Waals surface area contributed by atoms with Crippen molar-refractivity contribution in [3.8, 4) is 28.3 Å². The first-order valence-electron chi connectivity index (χ1n) is 9.64. The van der Waals surface area contributed by atoms with Gasteiger partial charge in [0.1, 0.15) is 23.6 Å². The van der Waals surface area contributed by atoms with E-state index < -0.39 is 0 Å². The van der Waals surface area contributed by atoms with Gasteiger partial charge in [0.25, 0.3) is 0 Å². The van der Waals surface area contributed by atoms with Gasteiger partial charge in [0.05, 0.1) is 23.6 Å². The van der Waals surface area contributed by atoms with E-state index in [2.05, 4.69) is 15.1 Å². The fourth-order valence-corrected chi connectivity index (χ4v) is 3.23. The number of hydrogen-bond donors (Lipinski definition) is 0. The number of carbonyl (C=O) groups is 1. The largest absolute Gasteiger partial charge is 0.494 e. The Morgan fingerprint density at radius 3 is 2.65 bits per heavy atom. The lowest BCUT2D eigenvalue weighted by atomic mass is 10.0. The molecule has 0 spiro atoms. The summed E-state index contributed by atoms with van der Waals surface area (Å²) in [6.45, 7) is 3.80. The van der Waals surface area contributed by atoms with Crippen LogP contribution in [-0.2, 0) is 4.79 Å². The average molecular weight is 418 g/mol. The summed E-state index contributed by atoms with van der Waals surface area (Å²) in [6, 6.07) is 14.7. The van der Waals surface area contributed by atoms with E-state index in [9.17, 15) is 9.18 Å².